The minimum Gasteiger partial charge on any atom is -0.282 e. The van der Waals surface area contributed by atoms with E-state index in [2.05, 4.69) is 22.8 Å². The lowest BCUT2D eigenvalue weighted by atomic mass is 9.95. The van der Waals surface area contributed by atoms with Crippen LogP contribution in [0.2, 0.25) is 0 Å². The molecule has 3 heteroatoms. The zero-order valence-corrected chi connectivity index (χ0v) is 7.83. The number of nitrogens with zero attached hydrogens (tertiary/aromatic N) is 2. The van der Waals surface area contributed by atoms with E-state index >= 15 is 0 Å². The van der Waals surface area contributed by atoms with Gasteiger partial charge in [-0.15, -0.1) is 0 Å². The van der Waals surface area contributed by atoms with Gasteiger partial charge in [0.25, 0.3) is 0 Å². The molecule has 1 aromatic heterocycles. The van der Waals surface area contributed by atoms with E-state index in [-0.39, 0.29) is 5.84 Å². The van der Waals surface area contributed by atoms with Crippen LogP contribution in [0.25, 0.3) is 6.08 Å². The fourth-order valence-electron chi connectivity index (χ4n) is 1.62. The monoisotopic (exact) mass is 185 g/mol. The Morgan fingerprint density at radius 3 is 3.14 bits per heavy atom. The van der Waals surface area contributed by atoms with Gasteiger partial charge >= 0.3 is 0 Å². The number of fused-ring (bicyclic) bond motifs is 1. The number of aryl methyl sites for hydroxylation is 1. The molecule has 1 heterocycles. The standard InChI is InChI=1S/C11H11N3/c1-13-11(12)10-7-14-6-8-4-2-3-5-9(8)10/h3,5-7,12H,1-2,4H2. The Bertz CT molecular complexity index is 419. The highest BCUT2D eigenvalue weighted by Crippen LogP contribution is 2.21. The second kappa shape index (κ2) is 3.54. The van der Waals surface area contributed by atoms with Crippen molar-refractivity contribution in [3.63, 3.8) is 0 Å². The van der Waals surface area contributed by atoms with Gasteiger partial charge in [-0.2, -0.15) is 0 Å². The maximum atomic E-state index is 7.62. The summed E-state index contributed by atoms with van der Waals surface area (Å²) in [6.45, 7) is 3.36. The first-order valence-corrected chi connectivity index (χ1v) is 4.52. The molecular formula is C11H11N3. The molecule has 1 aliphatic carbocycles. The van der Waals surface area contributed by atoms with Crippen molar-refractivity contribution in [2.75, 3.05) is 0 Å². The van der Waals surface area contributed by atoms with Crippen LogP contribution >= 0.6 is 0 Å². The van der Waals surface area contributed by atoms with Gasteiger partial charge in [-0.3, -0.25) is 10.4 Å². The summed E-state index contributed by atoms with van der Waals surface area (Å²) in [7, 11) is 0. The molecule has 14 heavy (non-hydrogen) atoms. The third-order valence-electron chi connectivity index (χ3n) is 2.35. The lowest BCUT2D eigenvalue weighted by Gasteiger charge is -2.12. The maximum Gasteiger partial charge on any atom is 0.153 e. The molecular weight excluding hydrogens is 174 g/mol. The number of rotatable bonds is 1. The first kappa shape index (κ1) is 8.81. The van der Waals surface area contributed by atoms with Crippen LogP contribution in [0, 0.1) is 5.41 Å². The summed E-state index contributed by atoms with van der Waals surface area (Å²) in [4.78, 5) is 7.73. The van der Waals surface area contributed by atoms with Gasteiger partial charge in [0.15, 0.2) is 5.84 Å². The number of aliphatic imine (C=N–C) groups is 1. The molecule has 70 valence electrons. The molecule has 0 radical (unpaired) electrons. The third-order valence-corrected chi connectivity index (χ3v) is 2.35. The van der Waals surface area contributed by atoms with E-state index in [1.807, 2.05) is 12.3 Å². The Kier molecular flexibility index (Phi) is 2.23. The minimum atomic E-state index is 0.195. The zero-order valence-electron chi connectivity index (χ0n) is 7.83. The Morgan fingerprint density at radius 1 is 1.50 bits per heavy atom. The molecule has 1 aliphatic rings. The summed E-state index contributed by atoms with van der Waals surface area (Å²) in [6, 6.07) is 0. The van der Waals surface area contributed by atoms with Gasteiger partial charge in [-0.1, -0.05) is 12.2 Å². The average Bonchev–Trinajstić information content (AvgIpc) is 2.27. The quantitative estimate of drug-likeness (QED) is 0.528. The van der Waals surface area contributed by atoms with Gasteiger partial charge in [-0.25, -0.2) is 4.99 Å². The predicted octanol–water partition coefficient (Wildman–Crippen LogP) is 2.07. The van der Waals surface area contributed by atoms with Crippen molar-refractivity contribution >= 4 is 18.6 Å². The molecule has 0 fully saturated rings. The van der Waals surface area contributed by atoms with Crippen LogP contribution in [-0.4, -0.2) is 17.5 Å². The minimum absolute atomic E-state index is 0.195. The number of amidine groups is 1. The Hall–Kier alpha value is -1.77. The first-order valence-electron chi connectivity index (χ1n) is 4.52. The number of hydrogen-bond donors (Lipinski definition) is 1. The number of allylic oxidation sites excluding steroid dienone is 1. The topological polar surface area (TPSA) is 49.1 Å². The molecule has 0 unspecified atom stereocenters. The second-order valence-corrected chi connectivity index (χ2v) is 3.21. The molecule has 0 atom stereocenters. The number of nitrogens with one attached hydrogen (secondary N) is 1. The van der Waals surface area contributed by atoms with Gasteiger partial charge in [0.05, 0.1) is 0 Å². The first-order chi connectivity index (χ1) is 6.83. The number of pyridine rings is 1. The van der Waals surface area contributed by atoms with E-state index in [1.165, 1.54) is 5.56 Å². The van der Waals surface area contributed by atoms with E-state index in [0.29, 0.717) is 0 Å². The molecule has 0 bridgehead atoms. The zero-order chi connectivity index (χ0) is 9.97. The van der Waals surface area contributed by atoms with Crippen molar-refractivity contribution in [3.8, 4) is 0 Å². The summed E-state index contributed by atoms with van der Waals surface area (Å²) in [5.41, 5.74) is 3.04. The maximum absolute atomic E-state index is 7.62. The van der Waals surface area contributed by atoms with Gasteiger partial charge < -0.3 is 0 Å². The average molecular weight is 185 g/mol. The Morgan fingerprint density at radius 2 is 2.36 bits per heavy atom. The highest BCUT2D eigenvalue weighted by Gasteiger charge is 2.11. The van der Waals surface area contributed by atoms with E-state index < -0.39 is 0 Å². The second-order valence-electron chi connectivity index (χ2n) is 3.21. The summed E-state index contributed by atoms with van der Waals surface area (Å²) >= 11 is 0. The summed E-state index contributed by atoms with van der Waals surface area (Å²) in [5.74, 6) is 0.195. The van der Waals surface area contributed by atoms with Crippen molar-refractivity contribution in [3.05, 3.63) is 35.2 Å². The van der Waals surface area contributed by atoms with E-state index in [0.717, 1.165) is 24.0 Å². The normalized spacial score (nSPS) is 13.4. The van der Waals surface area contributed by atoms with Crippen molar-refractivity contribution in [1.82, 2.24) is 4.98 Å². The molecule has 2 rings (SSSR count). The molecule has 0 aromatic carbocycles. The van der Waals surface area contributed by atoms with Crippen LogP contribution in [0.4, 0.5) is 0 Å². The molecule has 0 spiro atoms. The molecule has 0 saturated carbocycles. The molecule has 0 saturated heterocycles. The highest BCUT2D eigenvalue weighted by atomic mass is 14.8. The third kappa shape index (κ3) is 1.37. The lowest BCUT2D eigenvalue weighted by molar-refractivity contribution is 0.968. The summed E-state index contributed by atoms with van der Waals surface area (Å²) < 4.78 is 0. The van der Waals surface area contributed by atoms with Gasteiger partial charge in [0.2, 0.25) is 0 Å². The van der Waals surface area contributed by atoms with Gasteiger partial charge in [0, 0.05) is 18.0 Å². The Labute approximate surface area is 82.7 Å². The van der Waals surface area contributed by atoms with Crippen LogP contribution in [0.1, 0.15) is 23.1 Å². The molecule has 0 amide bonds. The Balaban J connectivity index is 2.57. The summed E-state index contributed by atoms with van der Waals surface area (Å²) in [6.07, 6.45) is 9.73. The molecule has 0 aliphatic heterocycles. The number of aromatic nitrogens is 1. The van der Waals surface area contributed by atoms with E-state index in [9.17, 15) is 0 Å². The number of hydrogen-bond acceptors (Lipinski definition) is 2. The summed E-state index contributed by atoms with van der Waals surface area (Å²) in [5, 5.41) is 7.62. The largest absolute Gasteiger partial charge is 0.282 e. The van der Waals surface area contributed by atoms with Crippen LogP contribution in [0.15, 0.2) is 23.5 Å². The highest BCUT2D eigenvalue weighted by molar-refractivity contribution is 6.02. The van der Waals surface area contributed by atoms with Crippen LogP contribution in [0.5, 0.6) is 0 Å². The fourth-order valence-corrected chi connectivity index (χ4v) is 1.62. The lowest BCUT2D eigenvalue weighted by Crippen LogP contribution is -2.04. The van der Waals surface area contributed by atoms with Crippen molar-refractivity contribution < 1.29 is 0 Å². The smallest absolute Gasteiger partial charge is 0.153 e. The van der Waals surface area contributed by atoms with Crippen molar-refractivity contribution in [2.24, 2.45) is 4.99 Å². The fraction of sp³-hybridized carbons (Fsp3) is 0.182. The van der Waals surface area contributed by atoms with Crippen LogP contribution < -0.4 is 0 Å². The van der Waals surface area contributed by atoms with Crippen molar-refractivity contribution in [2.45, 2.75) is 12.8 Å². The van der Waals surface area contributed by atoms with Crippen LogP contribution in [0.3, 0.4) is 0 Å². The predicted molar refractivity (Wildman–Crippen MR) is 58.0 cm³/mol. The molecule has 1 N–H and O–H groups in total. The molecule has 3 nitrogen and oxygen atoms in total. The van der Waals surface area contributed by atoms with Gasteiger partial charge in [0.1, 0.15) is 0 Å². The van der Waals surface area contributed by atoms with Crippen LogP contribution in [-0.2, 0) is 6.42 Å². The van der Waals surface area contributed by atoms with E-state index in [1.54, 1.807) is 6.20 Å². The molecule has 1 aromatic rings. The SMILES string of the molecule is C=NC(=N)c1cncc2c1C=CCC2. The van der Waals surface area contributed by atoms with E-state index in [4.69, 9.17) is 5.41 Å². The van der Waals surface area contributed by atoms with Crippen molar-refractivity contribution in [1.29, 1.82) is 5.41 Å². The van der Waals surface area contributed by atoms with Gasteiger partial charge in [-0.05, 0) is 30.7 Å².